The number of ether oxygens (including phenoxy) is 2. The van der Waals surface area contributed by atoms with Gasteiger partial charge in [-0.05, 0) is 13.8 Å². The largest absolute Gasteiger partial charge is 0.394 e. The summed E-state index contributed by atoms with van der Waals surface area (Å²) in [6.45, 7) is 4.26. The molecule has 0 bridgehead atoms. The van der Waals surface area contributed by atoms with Crippen LogP contribution in [0, 0.1) is 0 Å². The second kappa shape index (κ2) is 3.34. The molecule has 2 radical (unpaired) electrons. The summed E-state index contributed by atoms with van der Waals surface area (Å²) in [6, 6.07) is 0. The number of aliphatic hydroxyl groups is 1. The van der Waals surface area contributed by atoms with E-state index in [0.29, 0.717) is 13.2 Å². The lowest BCUT2D eigenvalue weighted by Crippen LogP contribution is -2.61. The molecular formula is C7H14BNO3. The van der Waals surface area contributed by atoms with E-state index in [4.69, 9.17) is 22.6 Å². The van der Waals surface area contributed by atoms with Crippen molar-refractivity contribution in [2.45, 2.75) is 25.2 Å². The summed E-state index contributed by atoms with van der Waals surface area (Å²) in [6.07, 6.45) is 0. The summed E-state index contributed by atoms with van der Waals surface area (Å²) in [5, 5.41) is 11.5. The van der Waals surface area contributed by atoms with Crippen LogP contribution < -0.4 is 5.23 Å². The molecule has 12 heavy (non-hydrogen) atoms. The van der Waals surface area contributed by atoms with Crippen molar-refractivity contribution in [2.24, 2.45) is 0 Å². The van der Waals surface area contributed by atoms with Gasteiger partial charge in [-0.1, -0.05) is 0 Å². The molecule has 1 rings (SSSR count). The Morgan fingerprint density at radius 2 is 1.92 bits per heavy atom. The predicted molar refractivity (Wildman–Crippen MR) is 44.7 cm³/mol. The molecule has 1 saturated heterocycles. The highest BCUT2D eigenvalue weighted by Gasteiger charge is 2.38. The Morgan fingerprint density at radius 1 is 1.42 bits per heavy atom. The molecule has 68 valence electrons. The van der Waals surface area contributed by atoms with Crippen LogP contribution in [0.1, 0.15) is 13.8 Å². The standard InChI is InChI=1S/C7H14BNO3/c1-6(2)11-4-7(3-10,9-8)5-12-6/h9-10H,3-5H2,1-2H3. The summed E-state index contributed by atoms with van der Waals surface area (Å²) in [5.74, 6) is -0.574. The van der Waals surface area contributed by atoms with Crippen LogP contribution in [-0.2, 0) is 9.47 Å². The van der Waals surface area contributed by atoms with Crippen molar-refractivity contribution in [2.75, 3.05) is 19.8 Å². The predicted octanol–water partition coefficient (Wildman–Crippen LogP) is -0.827. The van der Waals surface area contributed by atoms with Crippen molar-refractivity contribution in [1.29, 1.82) is 0 Å². The smallest absolute Gasteiger partial charge is 0.178 e. The third kappa shape index (κ3) is 1.98. The summed E-state index contributed by atoms with van der Waals surface area (Å²) >= 11 is 0. The zero-order valence-corrected chi connectivity index (χ0v) is 7.46. The maximum Gasteiger partial charge on any atom is 0.178 e. The SMILES string of the molecule is [B]NC1(CO)COC(C)(C)OC1. The topological polar surface area (TPSA) is 50.7 Å². The van der Waals surface area contributed by atoms with Gasteiger partial charge in [-0.15, -0.1) is 0 Å². The van der Waals surface area contributed by atoms with E-state index in [-0.39, 0.29) is 6.61 Å². The summed E-state index contributed by atoms with van der Waals surface area (Å²) in [4.78, 5) is 0. The van der Waals surface area contributed by atoms with Gasteiger partial charge in [0, 0.05) is 0 Å². The van der Waals surface area contributed by atoms with Crippen molar-refractivity contribution < 1.29 is 14.6 Å². The average molecular weight is 171 g/mol. The Kier molecular flexibility index (Phi) is 2.78. The Bertz CT molecular complexity index is 147. The minimum absolute atomic E-state index is 0.0976. The molecule has 0 unspecified atom stereocenters. The maximum atomic E-state index is 9.01. The lowest BCUT2D eigenvalue weighted by molar-refractivity contribution is -0.272. The van der Waals surface area contributed by atoms with Gasteiger partial charge in [-0.2, -0.15) is 0 Å². The Labute approximate surface area is 73.7 Å². The van der Waals surface area contributed by atoms with Crippen LogP contribution in [-0.4, -0.2) is 44.2 Å². The first-order chi connectivity index (χ1) is 5.54. The molecule has 1 heterocycles. The quantitative estimate of drug-likeness (QED) is 0.532. The molecule has 0 spiro atoms. The molecule has 0 aromatic heterocycles. The number of hydrogen-bond acceptors (Lipinski definition) is 4. The van der Waals surface area contributed by atoms with Crippen molar-refractivity contribution in [3.8, 4) is 0 Å². The number of hydrogen-bond donors (Lipinski definition) is 2. The van der Waals surface area contributed by atoms with Crippen molar-refractivity contribution in [1.82, 2.24) is 5.23 Å². The van der Waals surface area contributed by atoms with E-state index < -0.39 is 11.3 Å². The molecule has 0 atom stereocenters. The van der Waals surface area contributed by atoms with Gasteiger partial charge in [-0.25, -0.2) is 0 Å². The van der Waals surface area contributed by atoms with E-state index in [1.165, 1.54) is 0 Å². The van der Waals surface area contributed by atoms with Gasteiger partial charge in [0.2, 0.25) is 0 Å². The van der Waals surface area contributed by atoms with Crippen LogP contribution >= 0.6 is 0 Å². The Morgan fingerprint density at radius 3 is 2.25 bits per heavy atom. The lowest BCUT2D eigenvalue weighted by atomic mass is 9.99. The van der Waals surface area contributed by atoms with Crippen LogP contribution in [0.15, 0.2) is 0 Å². The number of rotatable bonds is 2. The van der Waals surface area contributed by atoms with E-state index in [1.807, 2.05) is 13.8 Å². The van der Waals surface area contributed by atoms with Gasteiger partial charge in [0.15, 0.2) is 13.8 Å². The fourth-order valence-electron chi connectivity index (χ4n) is 0.927. The molecular weight excluding hydrogens is 157 g/mol. The van der Waals surface area contributed by atoms with Gasteiger partial charge in [-0.3, -0.25) is 0 Å². The molecule has 0 saturated carbocycles. The third-order valence-corrected chi connectivity index (χ3v) is 2.00. The molecule has 5 heteroatoms. The zero-order valence-electron chi connectivity index (χ0n) is 7.46. The number of nitrogens with one attached hydrogen (secondary N) is 1. The molecule has 0 amide bonds. The Hall–Kier alpha value is -0.0951. The first kappa shape index (κ1) is 9.99. The minimum Gasteiger partial charge on any atom is -0.394 e. The molecule has 0 aromatic rings. The normalized spacial score (nSPS) is 26.9. The first-order valence-electron chi connectivity index (χ1n) is 3.90. The molecule has 0 aliphatic carbocycles. The van der Waals surface area contributed by atoms with E-state index in [0.717, 1.165) is 0 Å². The van der Waals surface area contributed by atoms with Gasteiger partial charge in [0.1, 0.15) is 0 Å². The highest BCUT2D eigenvalue weighted by Crippen LogP contribution is 2.22. The summed E-state index contributed by atoms with van der Waals surface area (Å²) in [7, 11) is 5.27. The van der Waals surface area contributed by atoms with Crippen molar-refractivity contribution in [3.63, 3.8) is 0 Å². The molecule has 1 fully saturated rings. The van der Waals surface area contributed by atoms with Crippen molar-refractivity contribution in [3.05, 3.63) is 0 Å². The molecule has 0 aromatic carbocycles. The fourth-order valence-corrected chi connectivity index (χ4v) is 0.927. The second-order valence-corrected chi connectivity index (χ2v) is 3.56. The van der Waals surface area contributed by atoms with Crippen LogP contribution in [0.25, 0.3) is 0 Å². The fraction of sp³-hybridized carbons (Fsp3) is 1.00. The Balaban J connectivity index is 2.53. The highest BCUT2D eigenvalue weighted by molar-refractivity contribution is 6.05. The first-order valence-corrected chi connectivity index (χ1v) is 3.90. The maximum absolute atomic E-state index is 9.01. The molecule has 4 nitrogen and oxygen atoms in total. The molecule has 1 aliphatic heterocycles. The van der Waals surface area contributed by atoms with Crippen LogP contribution in [0.2, 0.25) is 0 Å². The molecule has 2 N–H and O–H groups in total. The second-order valence-electron chi connectivity index (χ2n) is 3.56. The van der Waals surface area contributed by atoms with Gasteiger partial charge in [0.05, 0.1) is 25.4 Å². The van der Waals surface area contributed by atoms with Crippen LogP contribution in [0.3, 0.4) is 0 Å². The van der Waals surface area contributed by atoms with Gasteiger partial charge >= 0.3 is 0 Å². The van der Waals surface area contributed by atoms with E-state index in [2.05, 4.69) is 5.23 Å². The van der Waals surface area contributed by atoms with E-state index in [9.17, 15) is 0 Å². The number of aliphatic hydroxyl groups excluding tert-OH is 1. The van der Waals surface area contributed by atoms with E-state index in [1.54, 1.807) is 0 Å². The lowest BCUT2D eigenvalue weighted by Gasteiger charge is -2.42. The molecule has 1 aliphatic rings. The summed E-state index contributed by atoms with van der Waals surface area (Å²) < 4.78 is 10.7. The monoisotopic (exact) mass is 171 g/mol. The zero-order chi connectivity index (χ0) is 9.24. The minimum atomic E-state index is -0.643. The summed E-state index contributed by atoms with van der Waals surface area (Å²) in [5.41, 5.74) is -0.643. The van der Waals surface area contributed by atoms with Crippen LogP contribution in [0.4, 0.5) is 0 Å². The van der Waals surface area contributed by atoms with E-state index >= 15 is 0 Å². The average Bonchev–Trinajstić information content (AvgIpc) is 2.06. The van der Waals surface area contributed by atoms with Gasteiger partial charge < -0.3 is 19.8 Å². The van der Waals surface area contributed by atoms with Gasteiger partial charge in [0.25, 0.3) is 0 Å². The van der Waals surface area contributed by atoms with Crippen molar-refractivity contribution >= 4 is 7.98 Å². The highest BCUT2D eigenvalue weighted by atomic mass is 16.7. The van der Waals surface area contributed by atoms with Crippen LogP contribution in [0.5, 0.6) is 0 Å². The third-order valence-electron chi connectivity index (χ3n) is 2.00.